The monoisotopic (exact) mass is 306 g/mol. The number of nitrogens with one attached hydrogen (secondary N) is 1. The summed E-state index contributed by atoms with van der Waals surface area (Å²) < 4.78 is 0. The summed E-state index contributed by atoms with van der Waals surface area (Å²) in [5.74, 6) is 0.113. The Kier molecular flexibility index (Phi) is 3.16. The first-order valence-corrected chi connectivity index (χ1v) is 7.92. The lowest BCUT2D eigenvalue weighted by Crippen LogP contribution is -1.85. The SMILES string of the molecule is Oc1nc(Cc2cc3ccccc3[nH]2)sc1-c1ccccc1. The first-order chi connectivity index (χ1) is 10.8. The number of hydrogen-bond acceptors (Lipinski definition) is 3. The number of para-hydroxylation sites is 1. The van der Waals surface area contributed by atoms with Gasteiger partial charge in [0.1, 0.15) is 5.01 Å². The number of aromatic hydroxyl groups is 1. The average Bonchev–Trinajstić information content (AvgIpc) is 3.11. The Morgan fingerprint density at radius 3 is 2.59 bits per heavy atom. The Hall–Kier alpha value is -2.59. The molecule has 0 bridgehead atoms. The fourth-order valence-corrected chi connectivity index (χ4v) is 3.59. The zero-order valence-electron chi connectivity index (χ0n) is 11.8. The van der Waals surface area contributed by atoms with E-state index in [-0.39, 0.29) is 5.88 Å². The van der Waals surface area contributed by atoms with Crippen LogP contribution in [0.25, 0.3) is 21.3 Å². The third-order valence-corrected chi connectivity index (χ3v) is 4.71. The van der Waals surface area contributed by atoms with Gasteiger partial charge in [0.05, 0.1) is 4.88 Å². The van der Waals surface area contributed by atoms with Crippen LogP contribution in [0.4, 0.5) is 0 Å². The third kappa shape index (κ3) is 2.38. The van der Waals surface area contributed by atoms with Gasteiger partial charge in [-0.15, -0.1) is 11.3 Å². The van der Waals surface area contributed by atoms with Crippen molar-refractivity contribution in [1.29, 1.82) is 0 Å². The molecule has 0 saturated heterocycles. The number of aromatic nitrogens is 2. The van der Waals surface area contributed by atoms with Crippen LogP contribution in [0.1, 0.15) is 10.7 Å². The Bertz CT molecular complexity index is 892. The van der Waals surface area contributed by atoms with Gasteiger partial charge in [-0.05, 0) is 23.1 Å². The van der Waals surface area contributed by atoms with E-state index < -0.39 is 0 Å². The van der Waals surface area contributed by atoms with E-state index >= 15 is 0 Å². The molecule has 2 aromatic carbocycles. The van der Waals surface area contributed by atoms with Gasteiger partial charge in [0.25, 0.3) is 0 Å². The molecule has 2 N–H and O–H groups in total. The molecule has 108 valence electrons. The average molecular weight is 306 g/mol. The minimum absolute atomic E-state index is 0.113. The maximum atomic E-state index is 10.1. The lowest BCUT2D eigenvalue weighted by molar-refractivity contribution is 0.458. The van der Waals surface area contributed by atoms with Gasteiger partial charge in [0.15, 0.2) is 0 Å². The number of rotatable bonds is 3. The van der Waals surface area contributed by atoms with E-state index in [9.17, 15) is 5.11 Å². The number of H-pyrrole nitrogens is 1. The fraction of sp³-hybridized carbons (Fsp3) is 0.0556. The quantitative estimate of drug-likeness (QED) is 0.581. The van der Waals surface area contributed by atoms with Crippen LogP contribution in [0, 0.1) is 0 Å². The standard InChI is InChI=1S/C18H14N2OS/c21-18-17(12-6-2-1-3-7-12)22-16(20-18)11-14-10-13-8-4-5-9-15(13)19-14/h1-10,19,21H,11H2. The highest BCUT2D eigenvalue weighted by Gasteiger charge is 2.13. The number of thiazole rings is 1. The Labute approximate surface area is 131 Å². The summed E-state index contributed by atoms with van der Waals surface area (Å²) in [5, 5.41) is 12.2. The van der Waals surface area contributed by atoms with Crippen molar-refractivity contribution < 1.29 is 5.11 Å². The van der Waals surface area contributed by atoms with E-state index in [2.05, 4.69) is 28.2 Å². The molecule has 0 aliphatic carbocycles. The summed E-state index contributed by atoms with van der Waals surface area (Å²) in [6, 6.07) is 20.2. The van der Waals surface area contributed by atoms with Gasteiger partial charge in [-0.3, -0.25) is 0 Å². The van der Waals surface area contributed by atoms with Gasteiger partial charge in [-0.25, -0.2) is 4.98 Å². The number of hydrogen-bond donors (Lipinski definition) is 2. The summed E-state index contributed by atoms with van der Waals surface area (Å²) in [4.78, 5) is 8.53. The second kappa shape index (κ2) is 5.31. The van der Waals surface area contributed by atoms with Gasteiger partial charge >= 0.3 is 0 Å². The molecular weight excluding hydrogens is 292 g/mol. The Morgan fingerprint density at radius 1 is 1.00 bits per heavy atom. The van der Waals surface area contributed by atoms with Crippen molar-refractivity contribution in [2.75, 3.05) is 0 Å². The third-order valence-electron chi connectivity index (χ3n) is 3.62. The van der Waals surface area contributed by atoms with Crippen LogP contribution in [-0.2, 0) is 6.42 Å². The van der Waals surface area contributed by atoms with Crippen LogP contribution in [0.3, 0.4) is 0 Å². The molecule has 0 aliphatic rings. The van der Waals surface area contributed by atoms with E-state index in [0.29, 0.717) is 6.42 Å². The van der Waals surface area contributed by atoms with E-state index in [1.165, 1.54) is 16.7 Å². The van der Waals surface area contributed by atoms with Crippen LogP contribution in [0.5, 0.6) is 5.88 Å². The maximum absolute atomic E-state index is 10.1. The molecule has 4 rings (SSSR count). The highest BCUT2D eigenvalue weighted by atomic mass is 32.1. The Balaban J connectivity index is 1.66. The largest absolute Gasteiger partial charge is 0.492 e. The second-order valence-electron chi connectivity index (χ2n) is 5.18. The number of benzene rings is 2. The van der Waals surface area contributed by atoms with Crippen LogP contribution < -0.4 is 0 Å². The number of aromatic amines is 1. The van der Waals surface area contributed by atoms with Crippen molar-refractivity contribution in [3.8, 4) is 16.3 Å². The van der Waals surface area contributed by atoms with E-state index in [1.807, 2.05) is 42.5 Å². The summed E-state index contributed by atoms with van der Waals surface area (Å²) in [6.07, 6.45) is 0.694. The maximum Gasteiger partial charge on any atom is 0.230 e. The predicted octanol–water partition coefficient (Wildman–Crippen LogP) is 4.59. The summed E-state index contributed by atoms with van der Waals surface area (Å²) in [6.45, 7) is 0. The van der Waals surface area contributed by atoms with Crippen molar-refractivity contribution in [1.82, 2.24) is 9.97 Å². The topological polar surface area (TPSA) is 48.9 Å². The summed E-state index contributed by atoms with van der Waals surface area (Å²) in [5.41, 5.74) is 3.23. The summed E-state index contributed by atoms with van der Waals surface area (Å²) >= 11 is 1.54. The Morgan fingerprint density at radius 2 is 1.77 bits per heavy atom. The molecule has 0 fully saturated rings. The van der Waals surface area contributed by atoms with Gasteiger partial charge < -0.3 is 10.1 Å². The molecule has 0 saturated carbocycles. The van der Waals surface area contributed by atoms with E-state index in [4.69, 9.17) is 0 Å². The molecule has 4 heteroatoms. The van der Waals surface area contributed by atoms with Crippen molar-refractivity contribution in [3.63, 3.8) is 0 Å². The van der Waals surface area contributed by atoms with Crippen LogP contribution in [-0.4, -0.2) is 15.1 Å². The molecule has 2 aromatic heterocycles. The van der Waals surface area contributed by atoms with Gasteiger partial charge in [-0.1, -0.05) is 48.5 Å². The molecule has 0 unspecified atom stereocenters. The minimum Gasteiger partial charge on any atom is -0.492 e. The first kappa shape index (κ1) is 13.1. The molecule has 0 atom stereocenters. The zero-order chi connectivity index (χ0) is 14.9. The van der Waals surface area contributed by atoms with E-state index in [0.717, 1.165) is 26.7 Å². The molecule has 4 aromatic rings. The highest BCUT2D eigenvalue weighted by Crippen LogP contribution is 2.35. The predicted molar refractivity (Wildman–Crippen MR) is 90.3 cm³/mol. The number of nitrogens with zero attached hydrogens (tertiary/aromatic N) is 1. The molecular formula is C18H14N2OS. The smallest absolute Gasteiger partial charge is 0.230 e. The zero-order valence-corrected chi connectivity index (χ0v) is 12.6. The molecule has 2 heterocycles. The van der Waals surface area contributed by atoms with Crippen molar-refractivity contribution in [2.45, 2.75) is 6.42 Å². The van der Waals surface area contributed by atoms with Gasteiger partial charge in [0, 0.05) is 17.6 Å². The van der Waals surface area contributed by atoms with Crippen molar-refractivity contribution in [3.05, 3.63) is 71.4 Å². The van der Waals surface area contributed by atoms with E-state index in [1.54, 1.807) is 0 Å². The van der Waals surface area contributed by atoms with Gasteiger partial charge in [-0.2, -0.15) is 0 Å². The molecule has 22 heavy (non-hydrogen) atoms. The molecule has 0 radical (unpaired) electrons. The van der Waals surface area contributed by atoms with Crippen LogP contribution in [0.15, 0.2) is 60.7 Å². The molecule has 3 nitrogen and oxygen atoms in total. The fourth-order valence-electron chi connectivity index (χ4n) is 2.60. The first-order valence-electron chi connectivity index (χ1n) is 7.10. The van der Waals surface area contributed by atoms with Crippen LogP contribution >= 0.6 is 11.3 Å². The second-order valence-corrected chi connectivity index (χ2v) is 6.27. The lowest BCUT2D eigenvalue weighted by atomic mass is 10.2. The normalized spacial score (nSPS) is 11.1. The minimum atomic E-state index is 0.113. The lowest BCUT2D eigenvalue weighted by Gasteiger charge is -1.95. The molecule has 0 spiro atoms. The van der Waals surface area contributed by atoms with Crippen molar-refractivity contribution >= 4 is 22.2 Å². The highest BCUT2D eigenvalue weighted by molar-refractivity contribution is 7.15. The molecule has 0 aliphatic heterocycles. The van der Waals surface area contributed by atoms with Gasteiger partial charge in [0.2, 0.25) is 5.88 Å². The summed E-state index contributed by atoms with van der Waals surface area (Å²) in [7, 11) is 0. The molecule has 0 amide bonds. The van der Waals surface area contributed by atoms with Crippen molar-refractivity contribution in [2.24, 2.45) is 0 Å². The number of fused-ring (bicyclic) bond motifs is 1. The van der Waals surface area contributed by atoms with Crippen LogP contribution in [0.2, 0.25) is 0 Å².